The summed E-state index contributed by atoms with van der Waals surface area (Å²) in [4.78, 5) is 13.3. The Kier molecular flexibility index (Phi) is 6.50. The second-order valence-corrected chi connectivity index (χ2v) is 6.51. The minimum absolute atomic E-state index is 0.0410. The number of nitrogens with one attached hydrogen (secondary N) is 1. The zero-order chi connectivity index (χ0) is 16.7. The van der Waals surface area contributed by atoms with Crippen molar-refractivity contribution in [3.8, 4) is 5.75 Å². The van der Waals surface area contributed by atoms with Crippen LogP contribution in [0.5, 0.6) is 5.75 Å². The normalized spacial score (nSPS) is 11.8. The molecule has 1 amide bonds. The van der Waals surface area contributed by atoms with E-state index in [2.05, 4.69) is 5.32 Å². The number of benzene rings is 2. The van der Waals surface area contributed by atoms with E-state index in [9.17, 15) is 4.79 Å². The molecule has 1 atom stereocenters. The molecule has 2 aromatic carbocycles. The highest BCUT2D eigenvalue weighted by Crippen LogP contribution is 2.26. The molecule has 0 bridgehead atoms. The Hall–Kier alpha value is -1.98. The summed E-state index contributed by atoms with van der Waals surface area (Å²) < 4.78 is 5.12. The maximum Gasteiger partial charge on any atom is 0.237 e. The number of thioether (sulfide) groups is 1. The molecule has 122 valence electrons. The van der Waals surface area contributed by atoms with Gasteiger partial charge < -0.3 is 15.2 Å². The molecular weight excluding hydrogens is 310 g/mol. The van der Waals surface area contributed by atoms with Gasteiger partial charge in [-0.05, 0) is 55.3 Å². The summed E-state index contributed by atoms with van der Waals surface area (Å²) >= 11 is 1.50. The number of methoxy groups -OCH3 is 1. The summed E-state index contributed by atoms with van der Waals surface area (Å²) in [6.07, 6.45) is 0.623. The number of anilines is 1. The van der Waals surface area contributed by atoms with Crippen molar-refractivity contribution in [3.63, 3.8) is 0 Å². The lowest BCUT2D eigenvalue weighted by molar-refractivity contribution is -0.115. The lowest BCUT2D eigenvalue weighted by Crippen LogP contribution is -2.22. The van der Waals surface area contributed by atoms with E-state index in [1.54, 1.807) is 7.11 Å². The van der Waals surface area contributed by atoms with Crippen molar-refractivity contribution in [2.45, 2.75) is 23.5 Å². The van der Waals surface area contributed by atoms with Gasteiger partial charge in [-0.25, -0.2) is 0 Å². The molecule has 0 heterocycles. The molecule has 2 N–H and O–H groups in total. The average molecular weight is 331 g/mol. The zero-order valence-electron chi connectivity index (χ0n) is 13.3. The van der Waals surface area contributed by atoms with Crippen molar-refractivity contribution >= 4 is 23.4 Å². The van der Waals surface area contributed by atoms with Gasteiger partial charge in [-0.1, -0.05) is 12.1 Å². The van der Waals surface area contributed by atoms with Crippen LogP contribution in [0.4, 0.5) is 5.69 Å². The van der Waals surface area contributed by atoms with Crippen LogP contribution in [0.15, 0.2) is 53.4 Å². The molecule has 0 saturated heterocycles. The molecule has 4 nitrogen and oxygen atoms in total. The maximum absolute atomic E-state index is 12.3. The van der Waals surface area contributed by atoms with Crippen LogP contribution in [0.1, 0.15) is 12.5 Å². The Morgan fingerprint density at radius 1 is 1.17 bits per heavy atom. The van der Waals surface area contributed by atoms with Crippen LogP contribution >= 0.6 is 11.8 Å². The summed E-state index contributed by atoms with van der Waals surface area (Å²) in [5.74, 6) is 0.759. The SMILES string of the molecule is COc1ccc(SC(C)C(=O)Nc2ccc(CCO)cc2)cc1. The molecule has 0 aliphatic rings. The van der Waals surface area contributed by atoms with Gasteiger partial charge in [-0.15, -0.1) is 11.8 Å². The van der Waals surface area contributed by atoms with Crippen LogP contribution < -0.4 is 10.1 Å². The number of carbonyl (C=O) groups is 1. The standard InChI is InChI=1S/C18H21NO3S/c1-13(23-17-9-7-16(22-2)8-10-17)18(21)19-15-5-3-14(4-6-15)11-12-20/h3-10,13,20H,11-12H2,1-2H3,(H,19,21). The van der Waals surface area contributed by atoms with Gasteiger partial charge in [0.15, 0.2) is 0 Å². The number of ether oxygens (including phenoxy) is 1. The van der Waals surface area contributed by atoms with E-state index in [1.807, 2.05) is 55.5 Å². The number of hydrogen-bond donors (Lipinski definition) is 2. The molecular formula is C18H21NO3S. The third-order valence-corrected chi connectivity index (χ3v) is 4.48. The number of aliphatic hydroxyl groups excluding tert-OH is 1. The van der Waals surface area contributed by atoms with Gasteiger partial charge in [0.2, 0.25) is 5.91 Å². The summed E-state index contributed by atoms with van der Waals surface area (Å²) in [5, 5.41) is 11.6. The Morgan fingerprint density at radius 3 is 2.39 bits per heavy atom. The third-order valence-electron chi connectivity index (χ3n) is 3.36. The number of carbonyl (C=O) groups excluding carboxylic acids is 1. The lowest BCUT2D eigenvalue weighted by atomic mass is 10.1. The molecule has 2 aromatic rings. The molecule has 2 rings (SSSR count). The van der Waals surface area contributed by atoms with Crippen LogP contribution in [0.2, 0.25) is 0 Å². The minimum atomic E-state index is -0.208. The van der Waals surface area contributed by atoms with E-state index in [0.717, 1.165) is 21.9 Å². The Morgan fingerprint density at radius 2 is 1.83 bits per heavy atom. The van der Waals surface area contributed by atoms with Crippen molar-refractivity contribution in [2.75, 3.05) is 19.0 Å². The van der Waals surface area contributed by atoms with Crippen LogP contribution in [-0.2, 0) is 11.2 Å². The van der Waals surface area contributed by atoms with Crippen molar-refractivity contribution in [3.05, 3.63) is 54.1 Å². The molecule has 1 unspecified atom stereocenters. The fraction of sp³-hybridized carbons (Fsp3) is 0.278. The van der Waals surface area contributed by atoms with Gasteiger partial charge >= 0.3 is 0 Å². The highest BCUT2D eigenvalue weighted by atomic mass is 32.2. The summed E-state index contributed by atoms with van der Waals surface area (Å²) in [5.41, 5.74) is 1.81. The molecule has 0 aromatic heterocycles. The second kappa shape index (κ2) is 8.60. The highest BCUT2D eigenvalue weighted by molar-refractivity contribution is 8.00. The van der Waals surface area contributed by atoms with E-state index in [1.165, 1.54) is 11.8 Å². The average Bonchev–Trinajstić information content (AvgIpc) is 2.57. The molecule has 0 saturated carbocycles. The molecule has 0 aliphatic carbocycles. The summed E-state index contributed by atoms with van der Waals surface area (Å²) in [7, 11) is 1.63. The quantitative estimate of drug-likeness (QED) is 0.764. The first-order valence-electron chi connectivity index (χ1n) is 7.43. The van der Waals surface area contributed by atoms with Gasteiger partial charge in [0.05, 0.1) is 12.4 Å². The first-order chi connectivity index (χ1) is 11.1. The van der Waals surface area contributed by atoms with Crippen molar-refractivity contribution in [1.82, 2.24) is 0 Å². The smallest absolute Gasteiger partial charge is 0.237 e. The predicted molar refractivity (Wildman–Crippen MR) is 94.2 cm³/mol. The van der Waals surface area contributed by atoms with Crippen LogP contribution in [0, 0.1) is 0 Å². The van der Waals surface area contributed by atoms with Crippen LogP contribution in [0.3, 0.4) is 0 Å². The van der Waals surface area contributed by atoms with Crippen LogP contribution in [-0.4, -0.2) is 30.0 Å². The molecule has 0 fully saturated rings. The van der Waals surface area contributed by atoms with Crippen molar-refractivity contribution in [1.29, 1.82) is 0 Å². The fourth-order valence-corrected chi connectivity index (χ4v) is 2.91. The van der Waals surface area contributed by atoms with E-state index >= 15 is 0 Å². The number of amides is 1. The molecule has 0 aliphatic heterocycles. The number of hydrogen-bond acceptors (Lipinski definition) is 4. The highest BCUT2D eigenvalue weighted by Gasteiger charge is 2.14. The first kappa shape index (κ1) is 17.4. The van der Waals surface area contributed by atoms with E-state index in [0.29, 0.717) is 6.42 Å². The van der Waals surface area contributed by atoms with Crippen molar-refractivity contribution in [2.24, 2.45) is 0 Å². The largest absolute Gasteiger partial charge is 0.497 e. The summed E-state index contributed by atoms with van der Waals surface area (Å²) in [6, 6.07) is 15.2. The maximum atomic E-state index is 12.3. The number of rotatable bonds is 7. The zero-order valence-corrected chi connectivity index (χ0v) is 14.1. The third kappa shape index (κ3) is 5.30. The fourth-order valence-electron chi connectivity index (χ4n) is 2.04. The van der Waals surface area contributed by atoms with Gasteiger partial charge in [-0.3, -0.25) is 4.79 Å². The number of aliphatic hydroxyl groups is 1. The predicted octanol–water partition coefficient (Wildman–Crippen LogP) is 3.35. The van der Waals surface area contributed by atoms with Crippen molar-refractivity contribution < 1.29 is 14.6 Å². The monoisotopic (exact) mass is 331 g/mol. The summed E-state index contributed by atoms with van der Waals surface area (Å²) in [6.45, 7) is 2.01. The lowest BCUT2D eigenvalue weighted by Gasteiger charge is -2.12. The van der Waals surface area contributed by atoms with Gasteiger partial charge in [0.1, 0.15) is 5.75 Å². The second-order valence-electron chi connectivity index (χ2n) is 5.10. The first-order valence-corrected chi connectivity index (χ1v) is 8.31. The topological polar surface area (TPSA) is 58.6 Å². The minimum Gasteiger partial charge on any atom is -0.497 e. The van der Waals surface area contributed by atoms with E-state index < -0.39 is 0 Å². The van der Waals surface area contributed by atoms with E-state index in [-0.39, 0.29) is 17.8 Å². The van der Waals surface area contributed by atoms with Gasteiger partial charge in [-0.2, -0.15) is 0 Å². The Bertz CT molecular complexity index is 626. The van der Waals surface area contributed by atoms with Crippen LogP contribution in [0.25, 0.3) is 0 Å². The van der Waals surface area contributed by atoms with E-state index in [4.69, 9.17) is 9.84 Å². The molecule has 0 spiro atoms. The Balaban J connectivity index is 1.90. The Labute approximate surface area is 140 Å². The molecule has 5 heteroatoms. The molecule has 0 radical (unpaired) electrons. The molecule has 23 heavy (non-hydrogen) atoms. The van der Waals surface area contributed by atoms with Gasteiger partial charge in [0.25, 0.3) is 0 Å². The van der Waals surface area contributed by atoms with Gasteiger partial charge in [0, 0.05) is 17.2 Å².